The molecule has 0 aromatic rings. The van der Waals surface area contributed by atoms with Crippen molar-refractivity contribution in [1.82, 2.24) is 0 Å². The highest BCUT2D eigenvalue weighted by Crippen LogP contribution is 2.35. The van der Waals surface area contributed by atoms with Gasteiger partial charge in [-0.1, -0.05) is 37.3 Å². The van der Waals surface area contributed by atoms with Gasteiger partial charge < -0.3 is 10.2 Å². The summed E-state index contributed by atoms with van der Waals surface area (Å²) in [5, 5.41) is 18.7. The normalized spacial score (nSPS) is 24.5. The van der Waals surface area contributed by atoms with Crippen molar-refractivity contribution in [3.05, 3.63) is 36.5 Å². The van der Waals surface area contributed by atoms with Gasteiger partial charge >= 0.3 is 5.97 Å². The number of aliphatic carboxylic acids is 1. The van der Waals surface area contributed by atoms with Crippen molar-refractivity contribution in [3.63, 3.8) is 0 Å². The van der Waals surface area contributed by atoms with Crippen LogP contribution < -0.4 is 0 Å². The predicted molar refractivity (Wildman–Crippen MR) is 95.7 cm³/mol. The van der Waals surface area contributed by atoms with Crippen LogP contribution in [0.15, 0.2) is 36.5 Å². The maximum absolute atomic E-state index is 11.8. The van der Waals surface area contributed by atoms with Crippen LogP contribution in [0.25, 0.3) is 0 Å². The zero-order valence-corrected chi connectivity index (χ0v) is 14.6. The Hall–Kier alpha value is -1.68. The van der Waals surface area contributed by atoms with Crippen LogP contribution in [0, 0.1) is 11.8 Å². The van der Waals surface area contributed by atoms with Gasteiger partial charge in [0.25, 0.3) is 0 Å². The third-order valence-corrected chi connectivity index (χ3v) is 4.43. The van der Waals surface area contributed by atoms with E-state index in [1.807, 2.05) is 37.3 Å². The lowest BCUT2D eigenvalue weighted by Gasteiger charge is -2.17. The van der Waals surface area contributed by atoms with Crippen molar-refractivity contribution in [2.24, 2.45) is 11.8 Å². The fourth-order valence-electron chi connectivity index (χ4n) is 3.05. The van der Waals surface area contributed by atoms with Crippen LogP contribution in [0.5, 0.6) is 0 Å². The highest BCUT2D eigenvalue weighted by molar-refractivity contribution is 5.90. The lowest BCUT2D eigenvalue weighted by atomic mass is 9.90. The van der Waals surface area contributed by atoms with Gasteiger partial charge in [-0.15, -0.1) is 0 Å². The highest BCUT2D eigenvalue weighted by Gasteiger charge is 2.32. The summed E-state index contributed by atoms with van der Waals surface area (Å²) in [5.41, 5.74) is 0. The van der Waals surface area contributed by atoms with Gasteiger partial charge in [-0.05, 0) is 56.4 Å². The third-order valence-electron chi connectivity index (χ3n) is 4.43. The van der Waals surface area contributed by atoms with Crippen LogP contribution in [-0.4, -0.2) is 28.1 Å². The van der Waals surface area contributed by atoms with Crippen LogP contribution in [-0.2, 0) is 9.59 Å². The summed E-state index contributed by atoms with van der Waals surface area (Å²) in [7, 11) is 0. The van der Waals surface area contributed by atoms with Gasteiger partial charge in [-0.2, -0.15) is 0 Å². The molecule has 134 valence electrons. The van der Waals surface area contributed by atoms with Gasteiger partial charge in [0.15, 0.2) is 5.78 Å². The largest absolute Gasteiger partial charge is 0.481 e. The van der Waals surface area contributed by atoms with Gasteiger partial charge in [0.05, 0.1) is 6.10 Å². The summed E-state index contributed by atoms with van der Waals surface area (Å²) in [6.07, 6.45) is 16.6. The Morgan fingerprint density at radius 1 is 1.12 bits per heavy atom. The smallest absolute Gasteiger partial charge is 0.303 e. The number of carbonyl (C=O) groups excluding carboxylic acids is 1. The van der Waals surface area contributed by atoms with E-state index >= 15 is 0 Å². The first-order valence-corrected chi connectivity index (χ1v) is 8.95. The Morgan fingerprint density at radius 2 is 1.92 bits per heavy atom. The van der Waals surface area contributed by atoms with Crippen molar-refractivity contribution >= 4 is 11.8 Å². The van der Waals surface area contributed by atoms with Crippen LogP contribution in [0.3, 0.4) is 0 Å². The Kier molecular flexibility index (Phi) is 10.0. The highest BCUT2D eigenvalue weighted by atomic mass is 16.4. The summed E-state index contributed by atoms with van der Waals surface area (Å²) >= 11 is 0. The molecule has 2 N–H and O–H groups in total. The lowest BCUT2D eigenvalue weighted by molar-refractivity contribution is -0.137. The van der Waals surface area contributed by atoms with Gasteiger partial charge in [0, 0.05) is 12.8 Å². The number of ketones is 1. The molecule has 4 heteroatoms. The molecule has 1 aliphatic carbocycles. The molecule has 1 saturated carbocycles. The van der Waals surface area contributed by atoms with Crippen molar-refractivity contribution < 1.29 is 19.8 Å². The lowest BCUT2D eigenvalue weighted by Crippen LogP contribution is -2.17. The fourth-order valence-corrected chi connectivity index (χ4v) is 3.05. The second-order valence-electron chi connectivity index (χ2n) is 6.37. The molecule has 0 unspecified atom stereocenters. The molecule has 1 rings (SSSR count). The number of allylic oxidation sites excluding steroid dienone is 6. The summed E-state index contributed by atoms with van der Waals surface area (Å²) in [5.74, 6) is -0.277. The van der Waals surface area contributed by atoms with Crippen molar-refractivity contribution in [1.29, 1.82) is 0 Å². The number of carboxylic acid groups (broad SMARTS) is 1. The number of unbranched alkanes of at least 4 members (excludes halogenated alkanes) is 1. The SMILES string of the molecule is CC/C=C\CC(=O)/C=C/[C@H]1CC[C@@H](O)[C@@H]1C/C=C\CCCC(=O)O. The average molecular weight is 334 g/mol. The van der Waals surface area contributed by atoms with E-state index in [1.165, 1.54) is 0 Å². The quantitative estimate of drug-likeness (QED) is 0.339. The number of rotatable bonds is 11. The molecule has 0 amide bonds. The summed E-state index contributed by atoms with van der Waals surface area (Å²) in [4.78, 5) is 22.2. The van der Waals surface area contributed by atoms with E-state index in [4.69, 9.17) is 5.11 Å². The predicted octanol–water partition coefficient (Wildman–Crippen LogP) is 4.06. The number of hydrogen-bond donors (Lipinski definition) is 2. The molecular formula is C20H30O4. The first-order chi connectivity index (χ1) is 11.5. The van der Waals surface area contributed by atoms with E-state index in [0.29, 0.717) is 12.8 Å². The number of aliphatic hydroxyl groups is 1. The maximum Gasteiger partial charge on any atom is 0.303 e. The molecule has 0 heterocycles. The second kappa shape index (κ2) is 11.8. The van der Waals surface area contributed by atoms with E-state index in [0.717, 1.165) is 32.1 Å². The number of carboxylic acids is 1. The molecule has 24 heavy (non-hydrogen) atoms. The zero-order valence-electron chi connectivity index (χ0n) is 14.6. The Balaban J connectivity index is 2.41. The van der Waals surface area contributed by atoms with E-state index in [-0.39, 0.29) is 30.1 Å². The minimum absolute atomic E-state index is 0.101. The molecular weight excluding hydrogens is 304 g/mol. The first kappa shape index (κ1) is 20.4. The van der Waals surface area contributed by atoms with E-state index in [1.54, 1.807) is 6.08 Å². The molecule has 0 saturated heterocycles. The maximum atomic E-state index is 11.8. The number of hydrogen-bond acceptors (Lipinski definition) is 3. The van der Waals surface area contributed by atoms with E-state index in [2.05, 4.69) is 0 Å². The van der Waals surface area contributed by atoms with Gasteiger partial charge in [-0.3, -0.25) is 9.59 Å². The van der Waals surface area contributed by atoms with Crippen molar-refractivity contribution in [2.45, 2.75) is 64.4 Å². The van der Waals surface area contributed by atoms with E-state index in [9.17, 15) is 14.7 Å². The van der Waals surface area contributed by atoms with Crippen LogP contribution >= 0.6 is 0 Å². The Labute approximate surface area is 145 Å². The summed E-state index contributed by atoms with van der Waals surface area (Å²) in [6.45, 7) is 2.04. The second-order valence-corrected chi connectivity index (χ2v) is 6.37. The van der Waals surface area contributed by atoms with Crippen molar-refractivity contribution in [3.8, 4) is 0 Å². The van der Waals surface area contributed by atoms with Crippen LogP contribution in [0.1, 0.15) is 58.3 Å². The molecule has 4 nitrogen and oxygen atoms in total. The van der Waals surface area contributed by atoms with Crippen LogP contribution in [0.4, 0.5) is 0 Å². The molecule has 0 aromatic carbocycles. The number of carbonyl (C=O) groups is 2. The Morgan fingerprint density at radius 3 is 2.62 bits per heavy atom. The molecule has 0 bridgehead atoms. The number of aliphatic hydroxyl groups excluding tert-OH is 1. The molecule has 1 aliphatic rings. The summed E-state index contributed by atoms with van der Waals surface area (Å²) in [6, 6.07) is 0. The van der Waals surface area contributed by atoms with E-state index < -0.39 is 5.97 Å². The van der Waals surface area contributed by atoms with Crippen LogP contribution in [0.2, 0.25) is 0 Å². The Bertz CT molecular complexity index is 476. The minimum atomic E-state index is -0.765. The van der Waals surface area contributed by atoms with Gasteiger partial charge in [0.1, 0.15) is 0 Å². The molecule has 0 aliphatic heterocycles. The van der Waals surface area contributed by atoms with Gasteiger partial charge in [-0.25, -0.2) is 0 Å². The average Bonchev–Trinajstić information content (AvgIpc) is 2.89. The molecule has 0 aromatic heterocycles. The molecule has 0 radical (unpaired) electrons. The minimum Gasteiger partial charge on any atom is -0.481 e. The standard InChI is InChI=1S/C20H30O4/c1-2-3-6-9-17(21)14-12-16-13-15-19(22)18(16)10-7-4-5-8-11-20(23)24/h3-4,6-7,12,14,16,18-19,22H,2,5,8-11,13,15H2,1H3,(H,23,24)/b6-3-,7-4-,14-12+/t16-,18+,19+/m0/s1. The van der Waals surface area contributed by atoms with Gasteiger partial charge in [0.2, 0.25) is 0 Å². The summed E-state index contributed by atoms with van der Waals surface area (Å²) < 4.78 is 0. The molecule has 3 atom stereocenters. The molecule has 1 fully saturated rings. The van der Waals surface area contributed by atoms with Crippen molar-refractivity contribution in [2.75, 3.05) is 0 Å². The topological polar surface area (TPSA) is 74.6 Å². The third kappa shape index (κ3) is 8.25. The zero-order chi connectivity index (χ0) is 17.8. The monoisotopic (exact) mass is 334 g/mol. The first-order valence-electron chi connectivity index (χ1n) is 8.95. The molecule has 0 spiro atoms. The fraction of sp³-hybridized carbons (Fsp3) is 0.600.